The Bertz CT molecular complexity index is 703. The number of hydrogen-bond donors (Lipinski definition) is 2. The van der Waals surface area contributed by atoms with Crippen molar-refractivity contribution in [3.63, 3.8) is 0 Å². The Kier molecular flexibility index (Phi) is 6.58. The van der Waals surface area contributed by atoms with Crippen molar-refractivity contribution in [1.29, 1.82) is 0 Å². The van der Waals surface area contributed by atoms with E-state index in [9.17, 15) is 4.79 Å². The summed E-state index contributed by atoms with van der Waals surface area (Å²) in [6, 6.07) is 7.52. The van der Waals surface area contributed by atoms with Gasteiger partial charge in [-0.05, 0) is 57.7 Å². The van der Waals surface area contributed by atoms with Gasteiger partial charge in [-0.15, -0.1) is 0 Å². The van der Waals surface area contributed by atoms with Crippen LogP contribution in [0.5, 0.6) is 0 Å². The third-order valence-electron chi connectivity index (χ3n) is 3.53. The van der Waals surface area contributed by atoms with E-state index in [2.05, 4.69) is 20.5 Å². The third-order valence-corrected chi connectivity index (χ3v) is 3.94. The number of carbonyl (C=O) groups is 1. The van der Waals surface area contributed by atoms with E-state index in [1.807, 2.05) is 39.2 Å². The fraction of sp³-hybridized carbons (Fsp3) is 0.333. The molecule has 0 aliphatic carbocycles. The lowest BCUT2D eigenvalue weighted by Gasteiger charge is -2.11. The monoisotopic (exact) mass is 346 g/mol. The van der Waals surface area contributed by atoms with E-state index in [0.717, 1.165) is 29.9 Å². The van der Waals surface area contributed by atoms with E-state index in [-0.39, 0.29) is 5.91 Å². The van der Waals surface area contributed by atoms with Crippen LogP contribution in [0.4, 0.5) is 11.4 Å². The number of halogens is 1. The highest BCUT2D eigenvalue weighted by Crippen LogP contribution is 2.23. The molecule has 0 unspecified atom stereocenters. The minimum atomic E-state index is -0.119. The summed E-state index contributed by atoms with van der Waals surface area (Å²) < 4.78 is 0. The van der Waals surface area contributed by atoms with E-state index in [1.165, 1.54) is 0 Å². The molecule has 0 aliphatic rings. The van der Waals surface area contributed by atoms with Gasteiger partial charge in [0.25, 0.3) is 5.91 Å². The lowest BCUT2D eigenvalue weighted by atomic mass is 10.2. The number of nitrogens with one attached hydrogen (secondary N) is 2. The molecule has 2 N–H and O–H groups in total. The maximum absolute atomic E-state index is 12.2. The summed E-state index contributed by atoms with van der Waals surface area (Å²) in [5, 5.41) is 6.82. The normalized spacial score (nSPS) is 10.7. The SMILES string of the molecule is Cc1ccc(Nc2cncc(C(=O)NCCCN(C)C)c2)cc1Cl. The first-order chi connectivity index (χ1) is 11.5. The van der Waals surface area contributed by atoms with Gasteiger partial charge >= 0.3 is 0 Å². The van der Waals surface area contributed by atoms with Crippen molar-refractivity contribution in [2.75, 3.05) is 32.5 Å². The Morgan fingerprint density at radius 1 is 1.21 bits per heavy atom. The van der Waals surface area contributed by atoms with Crippen LogP contribution in [0.3, 0.4) is 0 Å². The van der Waals surface area contributed by atoms with Crippen molar-refractivity contribution in [2.45, 2.75) is 13.3 Å². The Morgan fingerprint density at radius 3 is 2.71 bits per heavy atom. The van der Waals surface area contributed by atoms with Gasteiger partial charge in [-0.1, -0.05) is 17.7 Å². The number of nitrogens with zero attached hydrogens (tertiary/aromatic N) is 2. The van der Waals surface area contributed by atoms with Crippen LogP contribution in [0.15, 0.2) is 36.7 Å². The summed E-state index contributed by atoms with van der Waals surface area (Å²) >= 11 is 6.13. The van der Waals surface area contributed by atoms with Crippen molar-refractivity contribution >= 4 is 28.9 Å². The highest BCUT2D eigenvalue weighted by Gasteiger charge is 2.07. The summed E-state index contributed by atoms with van der Waals surface area (Å²) in [4.78, 5) is 18.4. The molecule has 24 heavy (non-hydrogen) atoms. The molecule has 0 spiro atoms. The first-order valence-electron chi connectivity index (χ1n) is 7.87. The molecule has 0 fully saturated rings. The fourth-order valence-electron chi connectivity index (χ4n) is 2.17. The highest BCUT2D eigenvalue weighted by atomic mass is 35.5. The number of aryl methyl sites for hydroxylation is 1. The smallest absolute Gasteiger partial charge is 0.252 e. The van der Waals surface area contributed by atoms with E-state index >= 15 is 0 Å². The van der Waals surface area contributed by atoms with Gasteiger partial charge in [0.2, 0.25) is 0 Å². The number of amides is 1. The minimum absolute atomic E-state index is 0.119. The Labute approximate surface area is 148 Å². The number of rotatable bonds is 7. The molecule has 0 saturated heterocycles. The van der Waals surface area contributed by atoms with Crippen LogP contribution < -0.4 is 10.6 Å². The second-order valence-corrected chi connectivity index (χ2v) is 6.37. The average molecular weight is 347 g/mol. The topological polar surface area (TPSA) is 57.3 Å². The van der Waals surface area contributed by atoms with Gasteiger partial charge in [0.15, 0.2) is 0 Å². The highest BCUT2D eigenvalue weighted by molar-refractivity contribution is 6.31. The van der Waals surface area contributed by atoms with Crippen molar-refractivity contribution in [2.24, 2.45) is 0 Å². The van der Waals surface area contributed by atoms with Crippen LogP contribution in [0, 0.1) is 6.92 Å². The summed E-state index contributed by atoms with van der Waals surface area (Å²) in [5.74, 6) is -0.119. The number of benzene rings is 1. The number of carbonyl (C=O) groups excluding carboxylic acids is 1. The second-order valence-electron chi connectivity index (χ2n) is 5.96. The molecular weight excluding hydrogens is 324 g/mol. The van der Waals surface area contributed by atoms with Crippen LogP contribution in [-0.2, 0) is 0 Å². The average Bonchev–Trinajstić information content (AvgIpc) is 2.55. The first-order valence-corrected chi connectivity index (χ1v) is 8.24. The molecule has 128 valence electrons. The zero-order chi connectivity index (χ0) is 17.5. The summed E-state index contributed by atoms with van der Waals surface area (Å²) in [5.41, 5.74) is 3.15. The lowest BCUT2D eigenvalue weighted by Crippen LogP contribution is -2.27. The van der Waals surface area contributed by atoms with Gasteiger partial charge in [-0.25, -0.2) is 0 Å². The molecule has 2 aromatic rings. The van der Waals surface area contributed by atoms with Gasteiger partial charge < -0.3 is 15.5 Å². The van der Waals surface area contributed by atoms with Gasteiger partial charge in [-0.3, -0.25) is 9.78 Å². The molecular formula is C18H23ClN4O. The Morgan fingerprint density at radius 2 is 2.00 bits per heavy atom. The number of anilines is 2. The molecule has 2 rings (SSSR count). The summed E-state index contributed by atoms with van der Waals surface area (Å²) in [6.07, 6.45) is 4.15. The maximum atomic E-state index is 12.2. The molecule has 5 nitrogen and oxygen atoms in total. The van der Waals surface area contributed by atoms with E-state index in [4.69, 9.17) is 11.6 Å². The van der Waals surface area contributed by atoms with Crippen LogP contribution >= 0.6 is 11.6 Å². The van der Waals surface area contributed by atoms with Gasteiger partial charge in [0.1, 0.15) is 0 Å². The van der Waals surface area contributed by atoms with Crippen molar-refractivity contribution < 1.29 is 4.79 Å². The van der Waals surface area contributed by atoms with Crippen molar-refractivity contribution in [3.8, 4) is 0 Å². The predicted octanol–water partition coefficient (Wildman–Crippen LogP) is 3.47. The number of aromatic nitrogens is 1. The molecule has 1 aromatic carbocycles. The largest absolute Gasteiger partial charge is 0.354 e. The molecule has 1 amide bonds. The van der Waals surface area contributed by atoms with E-state index in [1.54, 1.807) is 18.5 Å². The standard InChI is InChI=1S/C18H23ClN4O/c1-13-5-6-15(10-17(13)19)22-16-9-14(11-20-12-16)18(24)21-7-4-8-23(2)3/h5-6,9-12,22H,4,7-8H2,1-3H3,(H,21,24). The van der Waals surface area contributed by atoms with Gasteiger partial charge in [0, 0.05) is 23.5 Å². The van der Waals surface area contributed by atoms with Crippen molar-refractivity contribution in [3.05, 3.63) is 52.8 Å². The first kappa shape index (κ1) is 18.2. The molecule has 0 saturated carbocycles. The third kappa shape index (κ3) is 5.51. The molecule has 6 heteroatoms. The molecule has 1 heterocycles. The Hall–Kier alpha value is -2.11. The predicted molar refractivity (Wildman–Crippen MR) is 99.2 cm³/mol. The molecule has 0 radical (unpaired) electrons. The number of hydrogen-bond acceptors (Lipinski definition) is 4. The molecule has 0 bridgehead atoms. The van der Waals surface area contributed by atoms with Crippen LogP contribution in [0.1, 0.15) is 22.3 Å². The zero-order valence-electron chi connectivity index (χ0n) is 14.3. The van der Waals surface area contributed by atoms with Crippen molar-refractivity contribution in [1.82, 2.24) is 15.2 Å². The van der Waals surface area contributed by atoms with Gasteiger partial charge in [0.05, 0.1) is 17.4 Å². The molecule has 1 aromatic heterocycles. The van der Waals surface area contributed by atoms with Crippen LogP contribution in [0.2, 0.25) is 5.02 Å². The van der Waals surface area contributed by atoms with Crippen LogP contribution in [-0.4, -0.2) is 43.0 Å². The molecule has 0 atom stereocenters. The lowest BCUT2D eigenvalue weighted by molar-refractivity contribution is 0.0952. The second kappa shape index (κ2) is 8.66. The fourth-order valence-corrected chi connectivity index (χ4v) is 2.35. The number of pyridine rings is 1. The van der Waals surface area contributed by atoms with E-state index < -0.39 is 0 Å². The summed E-state index contributed by atoms with van der Waals surface area (Å²) in [7, 11) is 4.02. The Balaban J connectivity index is 1.97. The maximum Gasteiger partial charge on any atom is 0.252 e. The van der Waals surface area contributed by atoms with E-state index in [0.29, 0.717) is 17.1 Å². The zero-order valence-corrected chi connectivity index (χ0v) is 15.0. The van der Waals surface area contributed by atoms with Crippen LogP contribution in [0.25, 0.3) is 0 Å². The molecule has 0 aliphatic heterocycles. The van der Waals surface area contributed by atoms with Gasteiger partial charge in [-0.2, -0.15) is 0 Å². The summed E-state index contributed by atoms with van der Waals surface area (Å²) in [6.45, 7) is 3.53. The quantitative estimate of drug-likeness (QED) is 0.754. The minimum Gasteiger partial charge on any atom is -0.354 e.